The number of phenolic OH excluding ortho intramolecular Hbond substituents is 1. The van der Waals surface area contributed by atoms with E-state index in [1.807, 2.05) is 25.1 Å². The fourth-order valence-corrected chi connectivity index (χ4v) is 2.30. The van der Waals surface area contributed by atoms with Gasteiger partial charge in [0.1, 0.15) is 5.75 Å². The average molecular weight is 296 g/mol. The lowest BCUT2D eigenvalue weighted by Crippen LogP contribution is -1.84. The molecule has 0 spiro atoms. The maximum absolute atomic E-state index is 9.49. The number of aromatic hydroxyl groups is 1. The van der Waals surface area contributed by atoms with Crippen molar-refractivity contribution in [3.63, 3.8) is 0 Å². The number of hydrogen-bond donors (Lipinski definition) is 1. The molecule has 3 heteroatoms. The summed E-state index contributed by atoms with van der Waals surface area (Å²) < 4.78 is 0. The highest BCUT2D eigenvalue weighted by Gasteiger charge is 1.98. The first-order valence-corrected chi connectivity index (χ1v) is 7.99. The van der Waals surface area contributed by atoms with Crippen molar-refractivity contribution >= 4 is 11.4 Å². The lowest BCUT2D eigenvalue weighted by atomic mass is 10.1. The van der Waals surface area contributed by atoms with Gasteiger partial charge in [-0.25, -0.2) is 0 Å². The zero-order chi connectivity index (χ0) is 15.8. The Kier molecular flexibility index (Phi) is 6.13. The van der Waals surface area contributed by atoms with E-state index >= 15 is 0 Å². The number of hydrogen-bond acceptors (Lipinski definition) is 3. The molecule has 22 heavy (non-hydrogen) atoms. The molecule has 0 unspecified atom stereocenters. The highest BCUT2D eigenvalue weighted by Crippen LogP contribution is 2.24. The molecule has 0 radical (unpaired) electrons. The molecule has 2 rings (SSSR count). The van der Waals surface area contributed by atoms with Crippen molar-refractivity contribution < 1.29 is 5.11 Å². The summed E-state index contributed by atoms with van der Waals surface area (Å²) in [6.45, 7) is 4.08. The molecule has 1 N–H and O–H groups in total. The summed E-state index contributed by atoms with van der Waals surface area (Å²) in [5.74, 6) is 0.284. The fraction of sp³-hybridized carbons (Fsp3) is 0.368. The second kappa shape index (κ2) is 8.32. The Morgan fingerprint density at radius 3 is 2.23 bits per heavy atom. The van der Waals surface area contributed by atoms with Gasteiger partial charge < -0.3 is 5.11 Å². The van der Waals surface area contributed by atoms with E-state index in [0.717, 1.165) is 23.4 Å². The molecule has 0 aliphatic carbocycles. The molecule has 0 aromatic heterocycles. The number of benzene rings is 2. The standard InChI is InChI=1S/C19H24N2O/c1-3-4-5-6-7-16-8-10-17(11-9-16)20-21-18-12-13-19(22)15(2)14-18/h8-14,22H,3-7H2,1-2H3. The Labute approximate surface area is 132 Å². The maximum Gasteiger partial charge on any atom is 0.118 e. The number of phenols is 1. The smallest absolute Gasteiger partial charge is 0.118 e. The van der Waals surface area contributed by atoms with E-state index in [4.69, 9.17) is 0 Å². The van der Waals surface area contributed by atoms with E-state index < -0.39 is 0 Å². The van der Waals surface area contributed by atoms with Crippen LogP contribution >= 0.6 is 0 Å². The van der Waals surface area contributed by atoms with Gasteiger partial charge in [0.05, 0.1) is 11.4 Å². The van der Waals surface area contributed by atoms with Crippen LogP contribution in [0.2, 0.25) is 0 Å². The zero-order valence-corrected chi connectivity index (χ0v) is 13.4. The van der Waals surface area contributed by atoms with Crippen molar-refractivity contribution in [1.29, 1.82) is 0 Å². The summed E-state index contributed by atoms with van der Waals surface area (Å²) in [7, 11) is 0. The highest BCUT2D eigenvalue weighted by atomic mass is 16.3. The molecule has 0 bridgehead atoms. The normalized spacial score (nSPS) is 11.2. The molecule has 2 aromatic rings. The number of azo groups is 1. The third-order valence-corrected chi connectivity index (χ3v) is 3.72. The number of unbranched alkanes of at least 4 members (excludes halogenated alkanes) is 3. The summed E-state index contributed by atoms with van der Waals surface area (Å²) >= 11 is 0. The summed E-state index contributed by atoms with van der Waals surface area (Å²) in [4.78, 5) is 0. The third kappa shape index (κ3) is 4.99. The van der Waals surface area contributed by atoms with E-state index in [1.54, 1.807) is 12.1 Å². The second-order valence-electron chi connectivity index (χ2n) is 5.65. The van der Waals surface area contributed by atoms with Crippen LogP contribution < -0.4 is 0 Å². The monoisotopic (exact) mass is 296 g/mol. The van der Waals surface area contributed by atoms with Gasteiger partial charge in [-0.15, -0.1) is 0 Å². The zero-order valence-electron chi connectivity index (χ0n) is 13.4. The van der Waals surface area contributed by atoms with Gasteiger partial charge in [0, 0.05) is 0 Å². The van der Waals surface area contributed by atoms with Crippen LogP contribution in [0, 0.1) is 6.92 Å². The Bertz CT molecular complexity index is 618. The first kappa shape index (κ1) is 16.2. The van der Waals surface area contributed by atoms with E-state index in [9.17, 15) is 5.11 Å². The van der Waals surface area contributed by atoms with Crippen LogP contribution in [0.5, 0.6) is 5.75 Å². The van der Waals surface area contributed by atoms with Crippen LogP contribution in [-0.2, 0) is 6.42 Å². The van der Waals surface area contributed by atoms with Crippen molar-refractivity contribution in [2.24, 2.45) is 10.2 Å². The molecule has 2 aromatic carbocycles. The molecule has 0 fully saturated rings. The van der Waals surface area contributed by atoms with E-state index in [2.05, 4.69) is 29.3 Å². The van der Waals surface area contributed by atoms with Crippen molar-refractivity contribution in [1.82, 2.24) is 0 Å². The maximum atomic E-state index is 9.49. The number of aryl methyl sites for hydroxylation is 2. The van der Waals surface area contributed by atoms with E-state index in [0.29, 0.717) is 0 Å². The van der Waals surface area contributed by atoms with Crippen molar-refractivity contribution in [3.8, 4) is 5.75 Å². The second-order valence-corrected chi connectivity index (χ2v) is 5.65. The summed E-state index contributed by atoms with van der Waals surface area (Å²) in [6.07, 6.45) is 6.28. The quantitative estimate of drug-likeness (QED) is 0.477. The molecule has 0 aliphatic rings. The van der Waals surface area contributed by atoms with Crippen LogP contribution in [0.25, 0.3) is 0 Å². The van der Waals surface area contributed by atoms with Gasteiger partial charge in [0.2, 0.25) is 0 Å². The number of rotatable bonds is 7. The molecule has 0 saturated carbocycles. The topological polar surface area (TPSA) is 45.0 Å². The molecule has 0 saturated heterocycles. The summed E-state index contributed by atoms with van der Waals surface area (Å²) in [6, 6.07) is 13.5. The van der Waals surface area contributed by atoms with Gasteiger partial charge in [0.25, 0.3) is 0 Å². The SMILES string of the molecule is CCCCCCc1ccc(N=Nc2ccc(O)c(C)c2)cc1. The lowest BCUT2D eigenvalue weighted by molar-refractivity contribution is 0.471. The van der Waals surface area contributed by atoms with Crippen LogP contribution in [0.4, 0.5) is 11.4 Å². The molecular formula is C19H24N2O. The fourth-order valence-electron chi connectivity index (χ4n) is 2.30. The predicted octanol–water partition coefficient (Wildman–Crippen LogP) is 6.24. The van der Waals surface area contributed by atoms with Crippen molar-refractivity contribution in [2.45, 2.75) is 46.0 Å². The van der Waals surface area contributed by atoms with Gasteiger partial charge in [-0.05, 0) is 61.2 Å². The molecule has 116 valence electrons. The van der Waals surface area contributed by atoms with E-state index in [1.165, 1.54) is 31.2 Å². The van der Waals surface area contributed by atoms with Gasteiger partial charge >= 0.3 is 0 Å². The molecule has 0 amide bonds. The van der Waals surface area contributed by atoms with Gasteiger partial charge in [-0.1, -0.05) is 38.3 Å². The molecule has 0 atom stereocenters. The minimum Gasteiger partial charge on any atom is -0.508 e. The highest BCUT2D eigenvalue weighted by molar-refractivity contribution is 5.46. The largest absolute Gasteiger partial charge is 0.508 e. The first-order valence-electron chi connectivity index (χ1n) is 7.99. The molecular weight excluding hydrogens is 272 g/mol. The van der Waals surface area contributed by atoms with E-state index in [-0.39, 0.29) is 5.75 Å². The van der Waals surface area contributed by atoms with Crippen molar-refractivity contribution in [3.05, 3.63) is 53.6 Å². The average Bonchev–Trinajstić information content (AvgIpc) is 2.54. The predicted molar refractivity (Wildman–Crippen MR) is 91.3 cm³/mol. The Balaban J connectivity index is 1.92. The Morgan fingerprint density at radius 1 is 0.864 bits per heavy atom. The van der Waals surface area contributed by atoms with Gasteiger partial charge in [0.15, 0.2) is 0 Å². The Morgan fingerprint density at radius 2 is 1.55 bits per heavy atom. The molecule has 0 aliphatic heterocycles. The van der Waals surface area contributed by atoms with Crippen LogP contribution in [-0.4, -0.2) is 5.11 Å². The first-order chi connectivity index (χ1) is 10.7. The van der Waals surface area contributed by atoms with Crippen LogP contribution in [0.3, 0.4) is 0 Å². The molecule has 3 nitrogen and oxygen atoms in total. The summed E-state index contributed by atoms with van der Waals surface area (Å²) in [5, 5.41) is 17.9. The Hall–Kier alpha value is -2.16. The minimum absolute atomic E-state index is 0.284. The van der Waals surface area contributed by atoms with Gasteiger partial charge in [-0.3, -0.25) is 0 Å². The van der Waals surface area contributed by atoms with Gasteiger partial charge in [-0.2, -0.15) is 10.2 Å². The van der Waals surface area contributed by atoms with Crippen LogP contribution in [0.15, 0.2) is 52.7 Å². The number of nitrogens with zero attached hydrogens (tertiary/aromatic N) is 2. The van der Waals surface area contributed by atoms with Crippen LogP contribution in [0.1, 0.15) is 43.7 Å². The van der Waals surface area contributed by atoms with Crippen molar-refractivity contribution in [2.75, 3.05) is 0 Å². The lowest BCUT2D eigenvalue weighted by Gasteiger charge is -2.02. The summed E-state index contributed by atoms with van der Waals surface area (Å²) in [5.41, 5.74) is 3.76. The third-order valence-electron chi connectivity index (χ3n) is 3.72. The molecule has 0 heterocycles. The minimum atomic E-state index is 0.284.